The molecule has 2 heterocycles. The van der Waals surface area contributed by atoms with Crippen molar-refractivity contribution in [2.75, 3.05) is 0 Å². The number of aromatic nitrogens is 3. The SMILES string of the molecule is O=C(O)c1ccc2nc(-c3c4cccccc-4[nH]c3=O)[nH]c2c1. The first-order valence-corrected chi connectivity index (χ1v) is 6.98. The van der Waals surface area contributed by atoms with Gasteiger partial charge in [0.15, 0.2) is 0 Å². The molecule has 112 valence electrons. The van der Waals surface area contributed by atoms with E-state index >= 15 is 0 Å². The fourth-order valence-corrected chi connectivity index (χ4v) is 2.68. The highest BCUT2D eigenvalue weighted by molar-refractivity contribution is 5.93. The average Bonchev–Trinajstić information content (AvgIpc) is 2.99. The highest BCUT2D eigenvalue weighted by Gasteiger charge is 2.19. The molecule has 1 aromatic heterocycles. The van der Waals surface area contributed by atoms with Gasteiger partial charge in [-0.3, -0.25) is 4.79 Å². The minimum Gasteiger partial charge on any atom is -0.478 e. The number of aromatic carboxylic acids is 1. The molecule has 1 aromatic carbocycles. The van der Waals surface area contributed by atoms with E-state index in [2.05, 4.69) is 15.0 Å². The number of rotatable bonds is 2. The van der Waals surface area contributed by atoms with Gasteiger partial charge >= 0.3 is 5.97 Å². The summed E-state index contributed by atoms with van der Waals surface area (Å²) in [7, 11) is 0. The minimum absolute atomic E-state index is 0.167. The molecule has 4 rings (SSSR count). The molecule has 0 saturated carbocycles. The van der Waals surface area contributed by atoms with Gasteiger partial charge in [0.1, 0.15) is 5.82 Å². The Morgan fingerprint density at radius 1 is 1.04 bits per heavy atom. The topological polar surface area (TPSA) is 98.8 Å². The third-order valence-corrected chi connectivity index (χ3v) is 3.75. The van der Waals surface area contributed by atoms with E-state index in [1.165, 1.54) is 12.1 Å². The van der Waals surface area contributed by atoms with Gasteiger partial charge in [-0.05, 0) is 24.3 Å². The van der Waals surface area contributed by atoms with E-state index in [4.69, 9.17) is 5.11 Å². The van der Waals surface area contributed by atoms with Crippen molar-refractivity contribution in [3.8, 4) is 22.6 Å². The van der Waals surface area contributed by atoms with E-state index in [1.54, 1.807) is 6.07 Å². The molecule has 0 fully saturated rings. The minimum atomic E-state index is -1.01. The molecular formula is C17H11N3O3. The van der Waals surface area contributed by atoms with Crippen molar-refractivity contribution >= 4 is 17.0 Å². The van der Waals surface area contributed by atoms with E-state index in [0.717, 1.165) is 11.3 Å². The highest BCUT2D eigenvalue weighted by Crippen LogP contribution is 2.29. The van der Waals surface area contributed by atoms with E-state index in [9.17, 15) is 9.59 Å². The summed E-state index contributed by atoms with van der Waals surface area (Å²) in [5, 5.41) is 9.06. The van der Waals surface area contributed by atoms with Crippen molar-refractivity contribution in [3.05, 3.63) is 64.4 Å². The summed E-state index contributed by atoms with van der Waals surface area (Å²) in [6, 6.07) is 13.9. The van der Waals surface area contributed by atoms with Gasteiger partial charge < -0.3 is 15.1 Å². The lowest BCUT2D eigenvalue weighted by Gasteiger charge is -1.94. The summed E-state index contributed by atoms with van der Waals surface area (Å²) >= 11 is 0. The number of nitrogens with zero attached hydrogens (tertiary/aromatic N) is 1. The van der Waals surface area contributed by atoms with E-state index in [0.29, 0.717) is 22.4 Å². The third kappa shape index (κ3) is 2.08. The second-order valence-electron chi connectivity index (χ2n) is 5.19. The number of aromatic amines is 2. The molecule has 23 heavy (non-hydrogen) atoms. The summed E-state index contributed by atoms with van der Waals surface area (Å²) in [5.74, 6) is -0.586. The molecule has 0 radical (unpaired) electrons. The lowest BCUT2D eigenvalue weighted by atomic mass is 10.1. The first kappa shape index (κ1) is 13.3. The number of benzene rings is 1. The molecule has 0 bridgehead atoms. The Balaban J connectivity index is 1.96. The van der Waals surface area contributed by atoms with Crippen LogP contribution in [0.25, 0.3) is 33.7 Å². The smallest absolute Gasteiger partial charge is 0.335 e. The van der Waals surface area contributed by atoms with Crippen LogP contribution in [0, 0.1) is 0 Å². The predicted octanol–water partition coefficient (Wildman–Crippen LogP) is 2.72. The Morgan fingerprint density at radius 2 is 1.87 bits per heavy atom. The summed E-state index contributed by atoms with van der Waals surface area (Å²) < 4.78 is 0. The molecule has 6 nitrogen and oxygen atoms in total. The van der Waals surface area contributed by atoms with Crippen LogP contribution < -0.4 is 5.56 Å². The first-order chi connectivity index (χ1) is 11.1. The fourth-order valence-electron chi connectivity index (χ4n) is 2.68. The molecule has 0 spiro atoms. The molecule has 0 amide bonds. The zero-order valence-corrected chi connectivity index (χ0v) is 11.8. The Labute approximate surface area is 129 Å². The van der Waals surface area contributed by atoms with Crippen LogP contribution in [0.3, 0.4) is 0 Å². The fraction of sp³-hybridized carbons (Fsp3) is 0. The van der Waals surface area contributed by atoms with Crippen LogP contribution in [0.15, 0.2) is 53.3 Å². The number of nitrogens with one attached hydrogen (secondary N) is 2. The van der Waals surface area contributed by atoms with Crippen LogP contribution in [0.1, 0.15) is 10.4 Å². The van der Waals surface area contributed by atoms with Gasteiger partial charge in [-0.15, -0.1) is 0 Å². The van der Waals surface area contributed by atoms with E-state index in [1.807, 2.05) is 30.3 Å². The Bertz CT molecular complexity index is 1080. The quantitative estimate of drug-likeness (QED) is 0.530. The second-order valence-corrected chi connectivity index (χ2v) is 5.19. The van der Waals surface area contributed by atoms with Crippen LogP contribution in [0.5, 0.6) is 0 Å². The first-order valence-electron chi connectivity index (χ1n) is 6.98. The average molecular weight is 305 g/mol. The van der Waals surface area contributed by atoms with Crippen LogP contribution >= 0.6 is 0 Å². The van der Waals surface area contributed by atoms with Gasteiger partial charge in [-0.1, -0.05) is 24.3 Å². The molecule has 6 heteroatoms. The molecular weight excluding hydrogens is 294 g/mol. The zero-order chi connectivity index (χ0) is 16.0. The Kier molecular flexibility index (Phi) is 2.77. The maximum atomic E-state index is 12.3. The highest BCUT2D eigenvalue weighted by atomic mass is 16.4. The largest absolute Gasteiger partial charge is 0.478 e. The van der Waals surface area contributed by atoms with Gasteiger partial charge in [0, 0.05) is 11.3 Å². The molecule has 2 aliphatic rings. The molecule has 0 atom stereocenters. The summed E-state index contributed by atoms with van der Waals surface area (Å²) in [6.45, 7) is 0. The number of carboxylic acid groups (broad SMARTS) is 1. The molecule has 0 unspecified atom stereocenters. The maximum Gasteiger partial charge on any atom is 0.335 e. The number of H-pyrrole nitrogens is 2. The molecule has 1 aliphatic carbocycles. The Hall–Kier alpha value is -3.41. The van der Waals surface area contributed by atoms with Crippen LogP contribution in [-0.4, -0.2) is 26.0 Å². The molecule has 1 aliphatic heterocycles. The van der Waals surface area contributed by atoms with Gasteiger partial charge in [0.25, 0.3) is 5.56 Å². The van der Waals surface area contributed by atoms with E-state index in [-0.39, 0.29) is 11.1 Å². The Morgan fingerprint density at radius 3 is 2.70 bits per heavy atom. The number of hydrogen-bond donors (Lipinski definition) is 3. The van der Waals surface area contributed by atoms with Gasteiger partial charge in [0.2, 0.25) is 0 Å². The predicted molar refractivity (Wildman–Crippen MR) is 85.7 cm³/mol. The normalized spacial score (nSPS) is 11.1. The van der Waals surface area contributed by atoms with E-state index < -0.39 is 5.97 Å². The van der Waals surface area contributed by atoms with Gasteiger partial charge in [-0.2, -0.15) is 0 Å². The summed E-state index contributed by atoms with van der Waals surface area (Å²) in [5.41, 5.74) is 3.06. The van der Waals surface area contributed by atoms with Crippen LogP contribution in [0.2, 0.25) is 0 Å². The maximum absolute atomic E-state index is 12.3. The summed E-state index contributed by atoms with van der Waals surface area (Å²) in [4.78, 5) is 33.6. The lowest BCUT2D eigenvalue weighted by molar-refractivity contribution is 0.0697. The van der Waals surface area contributed by atoms with Crippen molar-refractivity contribution in [2.45, 2.75) is 0 Å². The third-order valence-electron chi connectivity index (χ3n) is 3.75. The van der Waals surface area contributed by atoms with Crippen molar-refractivity contribution in [1.82, 2.24) is 15.0 Å². The standard InChI is InChI=1S/C17H11N3O3/c21-16-14(10-4-2-1-3-5-11(10)20-16)15-18-12-7-6-9(17(22)23)8-13(12)19-15/h1-8H,(H,18,19)(H,20,21)(H,22,23). The van der Waals surface area contributed by atoms with Crippen molar-refractivity contribution in [2.24, 2.45) is 0 Å². The van der Waals surface area contributed by atoms with Crippen molar-refractivity contribution in [1.29, 1.82) is 0 Å². The lowest BCUT2D eigenvalue weighted by Crippen LogP contribution is -2.01. The molecule has 2 aromatic rings. The number of carboxylic acids is 1. The monoisotopic (exact) mass is 305 g/mol. The number of carbonyl (C=O) groups is 1. The number of hydrogen-bond acceptors (Lipinski definition) is 3. The zero-order valence-electron chi connectivity index (χ0n) is 11.8. The van der Waals surface area contributed by atoms with Crippen LogP contribution in [-0.2, 0) is 0 Å². The molecule has 3 N–H and O–H groups in total. The van der Waals surface area contributed by atoms with Crippen LogP contribution in [0.4, 0.5) is 0 Å². The van der Waals surface area contributed by atoms with Crippen molar-refractivity contribution < 1.29 is 9.90 Å². The summed E-state index contributed by atoms with van der Waals surface area (Å²) in [6.07, 6.45) is 0. The van der Waals surface area contributed by atoms with Gasteiger partial charge in [0.05, 0.1) is 22.2 Å². The van der Waals surface area contributed by atoms with Gasteiger partial charge in [-0.25, -0.2) is 9.78 Å². The second kappa shape index (κ2) is 4.81. The van der Waals surface area contributed by atoms with Crippen molar-refractivity contribution in [3.63, 3.8) is 0 Å². The number of imidazole rings is 1. The molecule has 0 saturated heterocycles. The number of fused-ring (bicyclic) bond motifs is 2.